The van der Waals surface area contributed by atoms with Gasteiger partial charge in [0, 0.05) is 12.5 Å². The van der Waals surface area contributed by atoms with Crippen LogP contribution in [0.2, 0.25) is 0 Å². The van der Waals surface area contributed by atoms with Crippen LogP contribution in [0.3, 0.4) is 0 Å². The molecular weight excluding hydrogens is 264 g/mol. The lowest BCUT2D eigenvalue weighted by atomic mass is 9.87. The third-order valence-electron chi connectivity index (χ3n) is 3.43. The van der Waals surface area contributed by atoms with Crippen LogP contribution in [0.25, 0.3) is 0 Å². The van der Waals surface area contributed by atoms with Crippen molar-refractivity contribution in [1.29, 1.82) is 0 Å². The molecule has 0 spiro atoms. The summed E-state index contributed by atoms with van der Waals surface area (Å²) in [5.74, 6) is 1.21. The number of hydrogen-bond acceptors (Lipinski definition) is 3. The number of methoxy groups -OCH3 is 1. The minimum absolute atomic E-state index is 0. The van der Waals surface area contributed by atoms with Crippen molar-refractivity contribution in [3.8, 4) is 5.88 Å². The number of rotatable bonds is 4. The van der Waals surface area contributed by atoms with Crippen LogP contribution in [0.15, 0.2) is 18.3 Å². The lowest BCUT2D eigenvalue weighted by molar-refractivity contribution is -0.117. The Hall–Kier alpha value is -1.29. The number of carbonyl (C=O) groups is 1. The summed E-state index contributed by atoms with van der Waals surface area (Å²) in [5, 5.41) is 2.88. The van der Waals surface area contributed by atoms with Gasteiger partial charge in [0.2, 0.25) is 11.8 Å². The maximum absolute atomic E-state index is 11.9. The summed E-state index contributed by atoms with van der Waals surface area (Å²) in [7, 11) is 1.57. The monoisotopic (exact) mass is 284 g/mol. The number of amides is 1. The molecule has 2 rings (SSSR count). The number of carbonyl (C=O) groups excluding carboxylic acids is 1. The number of aromatic nitrogens is 1. The van der Waals surface area contributed by atoms with E-state index < -0.39 is 0 Å². The quantitative estimate of drug-likeness (QED) is 0.922. The SMILES string of the molecule is COc1ccc(NC(=O)CC2CCCCC2)cn1.Cl. The van der Waals surface area contributed by atoms with Crippen LogP contribution in [-0.2, 0) is 4.79 Å². The molecule has 1 N–H and O–H groups in total. The molecule has 1 aliphatic carbocycles. The Balaban J connectivity index is 0.00000180. The van der Waals surface area contributed by atoms with Crippen molar-refractivity contribution in [2.24, 2.45) is 5.92 Å². The minimum Gasteiger partial charge on any atom is -0.481 e. The fraction of sp³-hybridized carbons (Fsp3) is 0.571. The van der Waals surface area contributed by atoms with E-state index in [1.54, 1.807) is 19.4 Å². The summed E-state index contributed by atoms with van der Waals surface area (Å²) < 4.78 is 4.97. The molecule has 0 saturated heterocycles. The van der Waals surface area contributed by atoms with Gasteiger partial charge in [-0.2, -0.15) is 0 Å². The van der Waals surface area contributed by atoms with E-state index in [0.717, 1.165) is 5.69 Å². The molecule has 1 heterocycles. The number of nitrogens with zero attached hydrogens (tertiary/aromatic N) is 1. The van der Waals surface area contributed by atoms with E-state index in [4.69, 9.17) is 4.74 Å². The number of anilines is 1. The van der Waals surface area contributed by atoms with Crippen LogP contribution >= 0.6 is 12.4 Å². The maximum atomic E-state index is 11.9. The molecule has 0 unspecified atom stereocenters. The summed E-state index contributed by atoms with van der Waals surface area (Å²) >= 11 is 0. The van der Waals surface area contributed by atoms with Crippen molar-refractivity contribution in [3.63, 3.8) is 0 Å². The minimum atomic E-state index is 0. The summed E-state index contributed by atoms with van der Waals surface area (Å²) in [6.45, 7) is 0. The first-order chi connectivity index (χ1) is 8.78. The zero-order valence-electron chi connectivity index (χ0n) is 11.2. The Morgan fingerprint density at radius 3 is 2.68 bits per heavy atom. The molecule has 0 radical (unpaired) electrons. The molecule has 5 heteroatoms. The van der Waals surface area contributed by atoms with E-state index in [9.17, 15) is 4.79 Å². The molecule has 1 saturated carbocycles. The molecule has 106 valence electrons. The van der Waals surface area contributed by atoms with E-state index in [0.29, 0.717) is 18.2 Å². The number of nitrogens with one attached hydrogen (secondary N) is 1. The second-order valence-corrected chi connectivity index (χ2v) is 4.85. The highest BCUT2D eigenvalue weighted by Gasteiger charge is 2.17. The summed E-state index contributed by atoms with van der Waals surface area (Å²) in [5.41, 5.74) is 0.733. The van der Waals surface area contributed by atoms with E-state index in [1.165, 1.54) is 32.1 Å². The van der Waals surface area contributed by atoms with Gasteiger partial charge in [0.25, 0.3) is 0 Å². The molecule has 0 atom stereocenters. The molecule has 1 amide bonds. The highest BCUT2D eigenvalue weighted by atomic mass is 35.5. The maximum Gasteiger partial charge on any atom is 0.224 e. The zero-order valence-corrected chi connectivity index (χ0v) is 12.0. The van der Waals surface area contributed by atoms with Gasteiger partial charge < -0.3 is 10.1 Å². The van der Waals surface area contributed by atoms with Crippen LogP contribution in [0.5, 0.6) is 5.88 Å². The summed E-state index contributed by atoms with van der Waals surface area (Å²) in [6.07, 6.45) is 8.48. The van der Waals surface area contributed by atoms with Crippen molar-refractivity contribution in [2.75, 3.05) is 12.4 Å². The Bertz CT molecular complexity index is 389. The molecule has 4 nitrogen and oxygen atoms in total. The van der Waals surface area contributed by atoms with Crippen molar-refractivity contribution < 1.29 is 9.53 Å². The first-order valence-corrected chi connectivity index (χ1v) is 6.58. The van der Waals surface area contributed by atoms with Gasteiger partial charge >= 0.3 is 0 Å². The normalized spacial score (nSPS) is 15.4. The molecular formula is C14H21ClN2O2. The van der Waals surface area contributed by atoms with Crippen LogP contribution in [0.1, 0.15) is 38.5 Å². The third-order valence-corrected chi connectivity index (χ3v) is 3.43. The van der Waals surface area contributed by atoms with Gasteiger partial charge in [0.1, 0.15) is 0 Å². The molecule has 0 aromatic carbocycles. The van der Waals surface area contributed by atoms with Crippen LogP contribution in [0, 0.1) is 5.92 Å². The number of ether oxygens (including phenoxy) is 1. The smallest absolute Gasteiger partial charge is 0.224 e. The van der Waals surface area contributed by atoms with E-state index >= 15 is 0 Å². The summed E-state index contributed by atoms with van der Waals surface area (Å²) in [4.78, 5) is 15.9. The fourth-order valence-electron chi connectivity index (χ4n) is 2.44. The molecule has 19 heavy (non-hydrogen) atoms. The molecule has 1 aromatic heterocycles. The third kappa shape index (κ3) is 5.07. The average Bonchev–Trinajstić information content (AvgIpc) is 2.40. The highest BCUT2D eigenvalue weighted by molar-refractivity contribution is 5.90. The van der Waals surface area contributed by atoms with Crippen molar-refractivity contribution >= 4 is 24.0 Å². The predicted molar refractivity (Wildman–Crippen MR) is 77.9 cm³/mol. The van der Waals surface area contributed by atoms with E-state index in [1.807, 2.05) is 6.07 Å². The Labute approximate surface area is 120 Å². The van der Waals surface area contributed by atoms with Crippen molar-refractivity contribution in [2.45, 2.75) is 38.5 Å². The molecule has 1 aliphatic rings. The summed E-state index contributed by atoms with van der Waals surface area (Å²) in [6, 6.07) is 3.56. The van der Waals surface area contributed by atoms with E-state index in [2.05, 4.69) is 10.3 Å². The van der Waals surface area contributed by atoms with Crippen LogP contribution in [-0.4, -0.2) is 18.0 Å². The van der Waals surface area contributed by atoms with Gasteiger partial charge in [-0.3, -0.25) is 4.79 Å². The Morgan fingerprint density at radius 2 is 2.11 bits per heavy atom. The predicted octanol–water partition coefficient (Wildman–Crippen LogP) is 3.42. The van der Waals surface area contributed by atoms with Gasteiger partial charge in [-0.15, -0.1) is 12.4 Å². The van der Waals surface area contributed by atoms with E-state index in [-0.39, 0.29) is 18.3 Å². The first kappa shape index (κ1) is 15.8. The average molecular weight is 285 g/mol. The lowest BCUT2D eigenvalue weighted by Gasteiger charge is -2.20. The van der Waals surface area contributed by atoms with Gasteiger partial charge in [0.15, 0.2) is 0 Å². The van der Waals surface area contributed by atoms with Gasteiger partial charge in [-0.1, -0.05) is 19.3 Å². The number of pyridine rings is 1. The van der Waals surface area contributed by atoms with Gasteiger partial charge in [-0.25, -0.2) is 4.98 Å². The van der Waals surface area contributed by atoms with Crippen LogP contribution < -0.4 is 10.1 Å². The van der Waals surface area contributed by atoms with Crippen LogP contribution in [0.4, 0.5) is 5.69 Å². The standard InChI is InChI=1S/C14H20N2O2.ClH/c1-18-14-8-7-12(10-15-14)16-13(17)9-11-5-3-2-4-6-11;/h7-8,10-11H,2-6,9H2,1H3,(H,16,17);1H. The fourth-order valence-corrected chi connectivity index (χ4v) is 2.44. The highest BCUT2D eigenvalue weighted by Crippen LogP contribution is 2.26. The van der Waals surface area contributed by atoms with Crippen molar-refractivity contribution in [1.82, 2.24) is 4.98 Å². The van der Waals surface area contributed by atoms with Gasteiger partial charge in [-0.05, 0) is 24.8 Å². The molecule has 0 aliphatic heterocycles. The number of halogens is 1. The van der Waals surface area contributed by atoms with Gasteiger partial charge in [0.05, 0.1) is 19.0 Å². The van der Waals surface area contributed by atoms with Crippen molar-refractivity contribution in [3.05, 3.63) is 18.3 Å². The largest absolute Gasteiger partial charge is 0.481 e. The zero-order chi connectivity index (χ0) is 12.8. The second kappa shape index (κ2) is 8.00. The Morgan fingerprint density at radius 1 is 1.37 bits per heavy atom. The topological polar surface area (TPSA) is 51.2 Å². The molecule has 0 bridgehead atoms. The number of hydrogen-bond donors (Lipinski definition) is 1. The molecule has 1 aromatic rings. The molecule has 1 fully saturated rings. The second-order valence-electron chi connectivity index (χ2n) is 4.85. The first-order valence-electron chi connectivity index (χ1n) is 6.58. The Kier molecular flexibility index (Phi) is 6.64. The lowest BCUT2D eigenvalue weighted by Crippen LogP contribution is -2.18.